The predicted octanol–water partition coefficient (Wildman–Crippen LogP) is 7.80. The fourth-order valence-electron chi connectivity index (χ4n) is 6.90. The zero-order chi connectivity index (χ0) is 23.6. The Balaban J connectivity index is 1.49. The van der Waals surface area contributed by atoms with E-state index < -0.39 is 11.7 Å². The molecule has 32 heavy (non-hydrogen) atoms. The summed E-state index contributed by atoms with van der Waals surface area (Å²) in [5.74, 6) is 1.47. The Hall–Kier alpha value is -1.07. The summed E-state index contributed by atoms with van der Waals surface area (Å²) in [6.07, 6.45) is 8.39. The number of amides is 1. The number of nitrogens with one attached hydrogen (secondary N) is 1. The van der Waals surface area contributed by atoms with Crippen LogP contribution in [0.5, 0.6) is 0 Å². The molecular formula is C27H42BrNO3. The molecule has 0 radical (unpaired) electrons. The molecule has 1 unspecified atom stereocenters. The molecule has 0 aromatic heterocycles. The largest absolute Gasteiger partial charge is 0.449 e. The van der Waals surface area contributed by atoms with E-state index in [1.165, 1.54) is 19.3 Å². The van der Waals surface area contributed by atoms with Gasteiger partial charge in [-0.05, 0) is 98.3 Å². The summed E-state index contributed by atoms with van der Waals surface area (Å²) in [5, 5.41) is 14.1. The van der Waals surface area contributed by atoms with Crippen LogP contribution in [-0.4, -0.2) is 23.4 Å². The molecule has 0 aliphatic heterocycles. The second-order valence-electron chi connectivity index (χ2n) is 11.6. The minimum absolute atomic E-state index is 0.213. The van der Waals surface area contributed by atoms with Crippen LogP contribution >= 0.6 is 15.9 Å². The molecule has 1 amide bonds. The second kappa shape index (κ2) is 10.0. The van der Waals surface area contributed by atoms with Crippen LogP contribution in [-0.2, 0) is 4.74 Å². The molecule has 2 saturated carbocycles. The number of hydrogen-bond acceptors (Lipinski definition) is 3. The molecule has 1 aromatic rings. The highest BCUT2D eigenvalue weighted by Gasteiger charge is 2.57. The van der Waals surface area contributed by atoms with Gasteiger partial charge in [-0.25, -0.2) is 4.79 Å². The first-order valence-electron chi connectivity index (χ1n) is 12.4. The third-order valence-electron chi connectivity index (χ3n) is 8.64. The first kappa shape index (κ1) is 25.6. The molecule has 1 aromatic carbocycles. The molecule has 2 N–H and O–H groups in total. The van der Waals surface area contributed by atoms with Gasteiger partial charge in [-0.3, -0.25) is 5.32 Å². The standard InChI is InChI=1S/C27H42BrNO3/c1-19(14-18-32-24(30)29-21-10-8-20(28)9-11-21)7-12-23-26(4)16-6-15-25(2,3)22(26)13-17-27(23,5)31/h8-11,19,22-23,31H,6-7,12-18H2,1-5H3,(H,29,30)/t19-,22?,23-,26+,27-/m1/s1. The number of aliphatic hydroxyl groups is 1. The van der Waals surface area contributed by atoms with Crippen LogP contribution in [0.25, 0.3) is 0 Å². The maximum atomic E-state index is 12.1. The Morgan fingerprint density at radius 1 is 1.16 bits per heavy atom. The molecule has 2 aliphatic rings. The third-order valence-corrected chi connectivity index (χ3v) is 9.17. The van der Waals surface area contributed by atoms with Crippen LogP contribution in [0.1, 0.15) is 86.0 Å². The van der Waals surface area contributed by atoms with E-state index in [0.29, 0.717) is 29.8 Å². The highest BCUT2D eigenvalue weighted by atomic mass is 79.9. The average molecular weight is 509 g/mol. The van der Waals surface area contributed by atoms with Crippen molar-refractivity contribution in [2.75, 3.05) is 11.9 Å². The summed E-state index contributed by atoms with van der Waals surface area (Å²) < 4.78 is 6.37. The molecule has 3 rings (SSSR count). The van der Waals surface area contributed by atoms with Crippen LogP contribution in [0.4, 0.5) is 10.5 Å². The molecular weight excluding hydrogens is 466 g/mol. The number of ether oxygens (including phenoxy) is 1. The van der Waals surface area contributed by atoms with Gasteiger partial charge in [0, 0.05) is 10.2 Å². The molecule has 0 heterocycles. The van der Waals surface area contributed by atoms with Crippen molar-refractivity contribution >= 4 is 27.7 Å². The van der Waals surface area contributed by atoms with Crippen molar-refractivity contribution in [1.82, 2.24) is 0 Å². The monoisotopic (exact) mass is 507 g/mol. The van der Waals surface area contributed by atoms with Gasteiger partial charge in [0.15, 0.2) is 0 Å². The molecule has 4 nitrogen and oxygen atoms in total. The van der Waals surface area contributed by atoms with Crippen molar-refractivity contribution in [1.29, 1.82) is 0 Å². The van der Waals surface area contributed by atoms with Crippen LogP contribution in [0.15, 0.2) is 28.7 Å². The number of carbonyl (C=O) groups excluding carboxylic acids is 1. The SMILES string of the molecule is C[C@@H](CCOC(=O)Nc1ccc(Br)cc1)CC[C@@H]1[C@@]2(C)CCCC(C)(C)C2CC[C@@]1(C)O. The summed E-state index contributed by atoms with van der Waals surface area (Å²) in [7, 11) is 0. The molecule has 180 valence electrons. The number of benzene rings is 1. The van der Waals surface area contributed by atoms with Gasteiger partial charge in [0.25, 0.3) is 0 Å². The predicted molar refractivity (Wildman–Crippen MR) is 135 cm³/mol. The van der Waals surface area contributed by atoms with Gasteiger partial charge < -0.3 is 9.84 Å². The van der Waals surface area contributed by atoms with Gasteiger partial charge in [0.1, 0.15) is 0 Å². The van der Waals surface area contributed by atoms with Crippen molar-refractivity contribution in [3.63, 3.8) is 0 Å². The van der Waals surface area contributed by atoms with Crippen molar-refractivity contribution in [3.8, 4) is 0 Å². The smallest absolute Gasteiger partial charge is 0.411 e. The summed E-state index contributed by atoms with van der Waals surface area (Å²) in [6.45, 7) is 12.0. The average Bonchev–Trinajstić information content (AvgIpc) is 2.68. The van der Waals surface area contributed by atoms with Crippen LogP contribution in [0.2, 0.25) is 0 Å². The number of fused-ring (bicyclic) bond motifs is 1. The molecule has 5 heteroatoms. The van der Waals surface area contributed by atoms with E-state index in [0.717, 1.165) is 42.3 Å². The number of carbonyl (C=O) groups is 1. The van der Waals surface area contributed by atoms with E-state index in [1.54, 1.807) is 0 Å². The third kappa shape index (κ3) is 5.88. The molecule has 0 bridgehead atoms. The van der Waals surface area contributed by atoms with Crippen LogP contribution in [0, 0.1) is 28.6 Å². The fourth-order valence-corrected chi connectivity index (χ4v) is 7.17. The van der Waals surface area contributed by atoms with Crippen molar-refractivity contribution < 1.29 is 14.6 Å². The number of anilines is 1. The van der Waals surface area contributed by atoms with Gasteiger partial charge in [-0.1, -0.05) is 56.5 Å². The maximum Gasteiger partial charge on any atom is 0.411 e. The Bertz CT molecular complexity index is 776. The minimum Gasteiger partial charge on any atom is -0.449 e. The summed E-state index contributed by atoms with van der Waals surface area (Å²) in [4.78, 5) is 12.1. The Morgan fingerprint density at radius 3 is 2.53 bits per heavy atom. The van der Waals surface area contributed by atoms with Gasteiger partial charge in [-0.15, -0.1) is 0 Å². The molecule has 2 aliphatic carbocycles. The number of rotatable bonds is 7. The van der Waals surface area contributed by atoms with Gasteiger partial charge in [0.2, 0.25) is 0 Å². The zero-order valence-corrected chi connectivity index (χ0v) is 22.1. The van der Waals surface area contributed by atoms with E-state index in [4.69, 9.17) is 4.74 Å². The summed E-state index contributed by atoms with van der Waals surface area (Å²) in [6, 6.07) is 7.45. The summed E-state index contributed by atoms with van der Waals surface area (Å²) >= 11 is 3.39. The lowest BCUT2D eigenvalue weighted by Crippen LogP contribution is -2.57. The van der Waals surface area contributed by atoms with Gasteiger partial charge >= 0.3 is 6.09 Å². The Labute approximate surface area is 203 Å². The van der Waals surface area contributed by atoms with Crippen LogP contribution < -0.4 is 5.32 Å². The number of hydrogen-bond donors (Lipinski definition) is 2. The van der Waals surface area contributed by atoms with Crippen molar-refractivity contribution in [2.45, 2.75) is 91.6 Å². The van der Waals surface area contributed by atoms with E-state index in [-0.39, 0.29) is 5.41 Å². The maximum absolute atomic E-state index is 12.1. The van der Waals surface area contributed by atoms with Crippen LogP contribution in [0.3, 0.4) is 0 Å². The lowest BCUT2D eigenvalue weighted by atomic mass is 9.45. The second-order valence-corrected chi connectivity index (χ2v) is 12.5. The van der Waals surface area contributed by atoms with Gasteiger partial charge in [-0.2, -0.15) is 0 Å². The van der Waals surface area contributed by atoms with Crippen molar-refractivity contribution in [3.05, 3.63) is 28.7 Å². The quantitative estimate of drug-likeness (QED) is 0.395. The zero-order valence-electron chi connectivity index (χ0n) is 20.5. The first-order chi connectivity index (χ1) is 14.9. The molecule has 2 fully saturated rings. The number of halogens is 1. The van der Waals surface area contributed by atoms with E-state index in [1.807, 2.05) is 24.3 Å². The van der Waals surface area contributed by atoms with E-state index in [2.05, 4.69) is 55.9 Å². The van der Waals surface area contributed by atoms with E-state index in [9.17, 15) is 9.90 Å². The lowest BCUT2D eigenvalue weighted by Gasteiger charge is -2.61. The Morgan fingerprint density at radius 2 is 1.84 bits per heavy atom. The Kier molecular flexibility index (Phi) is 8.02. The topological polar surface area (TPSA) is 58.6 Å². The highest BCUT2D eigenvalue weighted by molar-refractivity contribution is 9.10. The van der Waals surface area contributed by atoms with Crippen molar-refractivity contribution in [2.24, 2.45) is 28.6 Å². The molecule has 0 spiro atoms. The van der Waals surface area contributed by atoms with E-state index >= 15 is 0 Å². The highest BCUT2D eigenvalue weighted by Crippen LogP contribution is 2.63. The minimum atomic E-state index is -0.584. The molecule has 5 atom stereocenters. The van der Waals surface area contributed by atoms with Gasteiger partial charge in [0.05, 0.1) is 12.2 Å². The summed E-state index contributed by atoms with van der Waals surface area (Å²) in [5.41, 5.74) is 0.719. The lowest BCUT2D eigenvalue weighted by molar-refractivity contribution is -0.170. The normalized spacial score (nSPS) is 32.6. The molecule has 0 saturated heterocycles. The fraction of sp³-hybridized carbons (Fsp3) is 0.741. The first-order valence-corrected chi connectivity index (χ1v) is 13.1.